The monoisotopic (exact) mass is 289 g/mol. The summed E-state index contributed by atoms with van der Waals surface area (Å²) in [5.74, 6) is -3.51. The van der Waals surface area contributed by atoms with Gasteiger partial charge in [-0.2, -0.15) is 13.2 Å². The average molecular weight is 289 g/mol. The summed E-state index contributed by atoms with van der Waals surface area (Å²) in [7, 11) is 0. The second-order valence-corrected chi connectivity index (χ2v) is 4.18. The van der Waals surface area contributed by atoms with Crippen LogP contribution in [0.2, 0.25) is 0 Å². The van der Waals surface area contributed by atoms with Crippen LogP contribution in [0.1, 0.15) is 15.9 Å². The predicted octanol–water partition coefficient (Wildman–Crippen LogP) is 3.56. The Morgan fingerprint density at radius 1 is 1.10 bits per heavy atom. The zero-order valence-corrected chi connectivity index (χ0v) is 9.92. The van der Waals surface area contributed by atoms with Crippen molar-refractivity contribution in [3.63, 3.8) is 0 Å². The number of hydrogen-bond donors (Lipinski definition) is 0. The Hall–Kier alpha value is -2.18. The first kappa shape index (κ1) is 14.2. The smallest absolute Gasteiger partial charge is 0.349 e. The van der Waals surface area contributed by atoms with Gasteiger partial charge in [-0.1, -0.05) is 0 Å². The second-order valence-electron chi connectivity index (χ2n) is 4.18. The Balaban J connectivity index is 2.20. The van der Waals surface area contributed by atoms with Crippen molar-refractivity contribution in [3.8, 4) is 0 Å². The number of nitrogens with zero attached hydrogens (tertiary/aromatic N) is 1. The number of aromatic nitrogens is 1. The number of halogens is 5. The van der Waals surface area contributed by atoms with Crippen LogP contribution in [0, 0.1) is 11.6 Å². The van der Waals surface area contributed by atoms with Crippen LogP contribution in [0.5, 0.6) is 0 Å². The number of carbonyl (C=O) groups is 1. The Bertz CT molecular complexity index is 624. The molecule has 20 heavy (non-hydrogen) atoms. The number of benzene rings is 1. The molecule has 0 saturated heterocycles. The van der Waals surface area contributed by atoms with E-state index >= 15 is 0 Å². The molecule has 0 N–H and O–H groups in total. The molecule has 0 saturated carbocycles. The summed E-state index contributed by atoms with van der Waals surface area (Å²) in [4.78, 5) is 11.0. The zero-order chi connectivity index (χ0) is 14.9. The second kappa shape index (κ2) is 5.07. The third-order valence-electron chi connectivity index (χ3n) is 2.56. The number of ketones is 1. The molecule has 0 aliphatic carbocycles. The van der Waals surface area contributed by atoms with E-state index in [-0.39, 0.29) is 12.1 Å². The fourth-order valence-electron chi connectivity index (χ4n) is 1.75. The molecule has 0 amide bonds. The van der Waals surface area contributed by atoms with Gasteiger partial charge in [0, 0.05) is 30.6 Å². The lowest BCUT2D eigenvalue weighted by atomic mass is 10.2. The van der Waals surface area contributed by atoms with Gasteiger partial charge < -0.3 is 4.57 Å². The van der Waals surface area contributed by atoms with Gasteiger partial charge in [-0.25, -0.2) is 8.78 Å². The van der Waals surface area contributed by atoms with Crippen LogP contribution in [-0.2, 0) is 6.54 Å². The molecule has 1 aromatic heterocycles. The molecule has 7 heteroatoms. The normalized spacial score (nSPS) is 11.7. The van der Waals surface area contributed by atoms with E-state index < -0.39 is 29.2 Å². The molecule has 0 atom stereocenters. The highest BCUT2D eigenvalue weighted by atomic mass is 19.4. The molecule has 106 valence electrons. The van der Waals surface area contributed by atoms with Crippen LogP contribution in [0.15, 0.2) is 36.7 Å². The van der Waals surface area contributed by atoms with Crippen molar-refractivity contribution in [2.24, 2.45) is 0 Å². The third-order valence-corrected chi connectivity index (χ3v) is 2.56. The first-order valence-electron chi connectivity index (χ1n) is 5.48. The van der Waals surface area contributed by atoms with Crippen molar-refractivity contribution in [2.45, 2.75) is 12.7 Å². The van der Waals surface area contributed by atoms with Gasteiger partial charge in [0.2, 0.25) is 0 Å². The van der Waals surface area contributed by atoms with E-state index in [2.05, 4.69) is 0 Å². The van der Waals surface area contributed by atoms with E-state index in [1.165, 1.54) is 10.8 Å². The maximum absolute atomic E-state index is 13.0. The lowest BCUT2D eigenvalue weighted by molar-refractivity contribution is -0.0885. The van der Waals surface area contributed by atoms with Crippen LogP contribution in [0.4, 0.5) is 22.0 Å². The van der Waals surface area contributed by atoms with Crippen molar-refractivity contribution in [2.75, 3.05) is 0 Å². The van der Waals surface area contributed by atoms with E-state index in [0.29, 0.717) is 6.07 Å². The number of carbonyl (C=O) groups excluding carboxylic acids is 1. The maximum Gasteiger partial charge on any atom is 0.454 e. The van der Waals surface area contributed by atoms with Crippen LogP contribution < -0.4 is 0 Å². The minimum absolute atomic E-state index is 0.0418. The van der Waals surface area contributed by atoms with Gasteiger partial charge in [0.1, 0.15) is 11.6 Å². The van der Waals surface area contributed by atoms with Crippen molar-refractivity contribution < 1.29 is 26.7 Å². The standard InChI is InChI=1S/C13H8F5NO/c14-10-3-8(4-11(15)5-10)6-19-2-1-9(7-19)12(20)13(16,17)18/h1-5,7H,6H2. The molecule has 1 aromatic carbocycles. The van der Waals surface area contributed by atoms with Gasteiger partial charge in [0.25, 0.3) is 5.78 Å². The van der Waals surface area contributed by atoms with Crippen LogP contribution in [0.3, 0.4) is 0 Å². The minimum atomic E-state index is -4.95. The number of alkyl halides is 3. The molecule has 2 rings (SSSR count). The van der Waals surface area contributed by atoms with Crippen molar-refractivity contribution >= 4 is 5.78 Å². The zero-order valence-electron chi connectivity index (χ0n) is 9.92. The lowest BCUT2D eigenvalue weighted by Gasteiger charge is -2.04. The summed E-state index contributed by atoms with van der Waals surface area (Å²) in [5, 5.41) is 0. The van der Waals surface area contributed by atoms with Crippen LogP contribution in [0.25, 0.3) is 0 Å². The largest absolute Gasteiger partial charge is 0.454 e. The van der Waals surface area contributed by atoms with Crippen LogP contribution >= 0.6 is 0 Å². The Kier molecular flexibility index (Phi) is 3.61. The molecule has 2 aromatic rings. The number of hydrogen-bond acceptors (Lipinski definition) is 1. The molecular weight excluding hydrogens is 281 g/mol. The molecular formula is C13H8F5NO. The number of rotatable bonds is 3. The first-order valence-corrected chi connectivity index (χ1v) is 5.48. The molecule has 0 aliphatic heterocycles. The van der Waals surface area contributed by atoms with Crippen molar-refractivity contribution in [3.05, 3.63) is 59.4 Å². The van der Waals surface area contributed by atoms with E-state index in [0.717, 1.165) is 24.4 Å². The van der Waals surface area contributed by atoms with Crippen molar-refractivity contribution in [1.82, 2.24) is 4.57 Å². The molecule has 0 aliphatic rings. The summed E-state index contributed by atoms with van der Waals surface area (Å²) >= 11 is 0. The Morgan fingerprint density at radius 3 is 2.25 bits per heavy atom. The van der Waals surface area contributed by atoms with Gasteiger partial charge in [-0.3, -0.25) is 4.79 Å². The maximum atomic E-state index is 13.0. The van der Waals surface area contributed by atoms with Crippen molar-refractivity contribution in [1.29, 1.82) is 0 Å². The summed E-state index contributed by atoms with van der Waals surface area (Å²) < 4.78 is 63.8. The predicted molar refractivity (Wildman–Crippen MR) is 60.3 cm³/mol. The average Bonchev–Trinajstić information content (AvgIpc) is 2.73. The highest BCUT2D eigenvalue weighted by molar-refractivity contribution is 6.00. The molecule has 2 nitrogen and oxygen atoms in total. The fourth-order valence-corrected chi connectivity index (χ4v) is 1.75. The molecule has 0 spiro atoms. The van der Waals surface area contributed by atoms with E-state index in [1.807, 2.05) is 0 Å². The highest BCUT2D eigenvalue weighted by Gasteiger charge is 2.39. The summed E-state index contributed by atoms with van der Waals surface area (Å²) in [6.07, 6.45) is -2.72. The quantitative estimate of drug-likeness (QED) is 0.625. The lowest BCUT2D eigenvalue weighted by Crippen LogP contribution is -2.22. The summed E-state index contributed by atoms with van der Waals surface area (Å²) in [6.45, 7) is -0.0418. The summed E-state index contributed by atoms with van der Waals surface area (Å²) in [6, 6.07) is 3.83. The Labute approximate surface area is 110 Å². The first-order chi connectivity index (χ1) is 9.25. The third kappa shape index (κ3) is 3.23. The SMILES string of the molecule is O=C(c1ccn(Cc2cc(F)cc(F)c2)c1)C(F)(F)F. The molecule has 0 bridgehead atoms. The van der Waals surface area contributed by atoms with Crippen LogP contribution in [-0.4, -0.2) is 16.5 Å². The van der Waals surface area contributed by atoms with Gasteiger partial charge in [0.15, 0.2) is 0 Å². The van der Waals surface area contributed by atoms with E-state index in [4.69, 9.17) is 0 Å². The minimum Gasteiger partial charge on any atom is -0.349 e. The molecule has 0 unspecified atom stereocenters. The topological polar surface area (TPSA) is 22.0 Å². The molecule has 1 heterocycles. The van der Waals surface area contributed by atoms with Gasteiger partial charge in [-0.15, -0.1) is 0 Å². The molecule has 0 radical (unpaired) electrons. The Morgan fingerprint density at radius 2 is 1.70 bits per heavy atom. The van der Waals surface area contributed by atoms with E-state index in [9.17, 15) is 26.7 Å². The summed E-state index contributed by atoms with van der Waals surface area (Å²) in [5.41, 5.74) is -0.279. The fraction of sp³-hybridized carbons (Fsp3) is 0.154. The van der Waals surface area contributed by atoms with Gasteiger partial charge in [-0.05, 0) is 23.8 Å². The molecule has 0 fully saturated rings. The van der Waals surface area contributed by atoms with Gasteiger partial charge >= 0.3 is 6.18 Å². The van der Waals surface area contributed by atoms with Gasteiger partial charge in [0.05, 0.1) is 0 Å². The highest BCUT2D eigenvalue weighted by Crippen LogP contribution is 2.22. The number of Topliss-reactive ketones (excluding diaryl/α,β-unsaturated/α-hetero) is 1. The van der Waals surface area contributed by atoms with E-state index in [1.54, 1.807) is 0 Å².